The number of nitrogens with zero attached hydrogens (tertiary/aromatic N) is 2. The van der Waals surface area contributed by atoms with Gasteiger partial charge in [-0.05, 0) is 43.3 Å². The van der Waals surface area contributed by atoms with Gasteiger partial charge in [-0.25, -0.2) is 4.98 Å². The minimum absolute atomic E-state index is 0.125. The molecule has 2 heterocycles. The lowest BCUT2D eigenvalue weighted by molar-refractivity contribution is -0.133. The van der Waals surface area contributed by atoms with Crippen LogP contribution >= 0.6 is 11.8 Å². The zero-order valence-electron chi connectivity index (χ0n) is 16.3. The van der Waals surface area contributed by atoms with Gasteiger partial charge in [0, 0.05) is 22.6 Å². The van der Waals surface area contributed by atoms with E-state index in [4.69, 9.17) is 5.11 Å². The van der Waals surface area contributed by atoms with Crippen molar-refractivity contribution in [2.45, 2.75) is 18.1 Å². The number of nitrogens with one attached hydrogen (secondary N) is 1. The molecule has 0 saturated carbocycles. The van der Waals surface area contributed by atoms with Crippen LogP contribution in [0.2, 0.25) is 0 Å². The number of carbonyl (C=O) groups is 1. The number of aliphatic hydroxyl groups is 1. The molecule has 3 aromatic rings. The first kappa shape index (κ1) is 20.0. The first-order valence-electron chi connectivity index (χ1n) is 9.46. The van der Waals surface area contributed by atoms with Crippen molar-refractivity contribution < 1.29 is 15.0 Å². The molecule has 2 aromatic carbocycles. The highest BCUT2D eigenvalue weighted by atomic mass is 32.2. The summed E-state index contributed by atoms with van der Waals surface area (Å²) in [6.45, 7) is 1.86. The van der Waals surface area contributed by atoms with E-state index in [0.29, 0.717) is 16.4 Å². The van der Waals surface area contributed by atoms with Crippen molar-refractivity contribution in [1.82, 2.24) is 4.98 Å². The van der Waals surface area contributed by atoms with Crippen molar-refractivity contribution in [2.75, 3.05) is 16.0 Å². The number of carboxylic acids is 1. The molecule has 7 heteroatoms. The van der Waals surface area contributed by atoms with E-state index in [0.717, 1.165) is 34.5 Å². The smallest absolute Gasteiger partial charge is 0.313 e. The highest BCUT2D eigenvalue weighted by Crippen LogP contribution is 2.44. The molecular formula is C23H21N3O3S. The van der Waals surface area contributed by atoms with Crippen LogP contribution in [-0.4, -0.2) is 26.9 Å². The second-order valence-corrected chi connectivity index (χ2v) is 7.81. The summed E-state index contributed by atoms with van der Waals surface area (Å²) in [7, 11) is 0. The molecule has 1 atom stereocenters. The van der Waals surface area contributed by atoms with Crippen LogP contribution in [0.5, 0.6) is 0 Å². The minimum Gasteiger partial charge on any atom is -0.481 e. The number of rotatable bonds is 6. The standard InChI is InChI=1S/C23H21N3O3S/c1-15-12-18-22(23(24-15)30-14-21(28)29)19(27)13-20(25-16-8-4-2-5-9-16)26(18)17-10-6-3-7-11-17/h2-13,19,25,27H,14H2,1H3,(H,28,29). The molecule has 30 heavy (non-hydrogen) atoms. The van der Waals surface area contributed by atoms with Crippen molar-refractivity contribution in [3.63, 3.8) is 0 Å². The average molecular weight is 420 g/mol. The Morgan fingerprint density at radius 1 is 1.13 bits per heavy atom. The van der Waals surface area contributed by atoms with E-state index in [2.05, 4.69) is 10.3 Å². The van der Waals surface area contributed by atoms with Gasteiger partial charge in [0.05, 0.1) is 11.4 Å². The zero-order chi connectivity index (χ0) is 21.1. The second kappa shape index (κ2) is 8.61. The van der Waals surface area contributed by atoms with Crippen LogP contribution in [0.4, 0.5) is 17.1 Å². The number of aryl methyl sites for hydroxylation is 1. The summed E-state index contributed by atoms with van der Waals surface area (Å²) in [6, 6.07) is 21.5. The summed E-state index contributed by atoms with van der Waals surface area (Å²) in [5, 5.41) is 24.0. The molecule has 0 saturated heterocycles. The van der Waals surface area contributed by atoms with Gasteiger partial charge in [0.25, 0.3) is 0 Å². The Morgan fingerprint density at radius 3 is 2.47 bits per heavy atom. The van der Waals surface area contributed by atoms with Crippen molar-refractivity contribution >= 4 is 34.8 Å². The highest BCUT2D eigenvalue weighted by Gasteiger charge is 2.30. The fourth-order valence-electron chi connectivity index (χ4n) is 3.40. The average Bonchev–Trinajstić information content (AvgIpc) is 2.73. The molecule has 1 aliphatic heterocycles. The number of anilines is 3. The normalized spacial score (nSPS) is 15.3. The molecule has 0 bridgehead atoms. The third-order valence-electron chi connectivity index (χ3n) is 4.62. The third-order valence-corrected chi connectivity index (χ3v) is 5.59. The number of para-hydroxylation sites is 2. The van der Waals surface area contributed by atoms with Gasteiger partial charge in [0.2, 0.25) is 0 Å². The van der Waals surface area contributed by atoms with E-state index in [1.54, 1.807) is 6.08 Å². The molecule has 0 spiro atoms. The Labute approximate surface area is 178 Å². The fraction of sp³-hybridized carbons (Fsp3) is 0.130. The molecule has 152 valence electrons. The number of fused-ring (bicyclic) bond motifs is 1. The molecule has 6 nitrogen and oxygen atoms in total. The molecule has 0 amide bonds. The van der Waals surface area contributed by atoms with Crippen LogP contribution in [-0.2, 0) is 4.79 Å². The van der Waals surface area contributed by atoms with E-state index < -0.39 is 12.1 Å². The van der Waals surface area contributed by atoms with E-state index in [-0.39, 0.29) is 5.75 Å². The lowest BCUT2D eigenvalue weighted by Gasteiger charge is -2.35. The number of carboxylic acid groups (broad SMARTS) is 1. The summed E-state index contributed by atoms with van der Waals surface area (Å²) in [5.74, 6) is -0.337. The van der Waals surface area contributed by atoms with Crippen molar-refractivity contribution in [3.05, 3.63) is 89.9 Å². The summed E-state index contributed by atoms with van der Waals surface area (Å²) in [4.78, 5) is 17.6. The largest absolute Gasteiger partial charge is 0.481 e. The SMILES string of the molecule is Cc1cc2c(c(SCC(=O)O)n1)C(O)C=C(Nc1ccccc1)N2c1ccccc1. The maximum absolute atomic E-state index is 11.1. The third kappa shape index (κ3) is 4.17. The Hall–Kier alpha value is -3.29. The number of benzene rings is 2. The van der Waals surface area contributed by atoms with Crippen LogP contribution in [0, 0.1) is 6.92 Å². The molecule has 0 aliphatic carbocycles. The second-order valence-electron chi connectivity index (χ2n) is 6.84. The number of hydrogen-bond donors (Lipinski definition) is 3. The van der Waals surface area contributed by atoms with Gasteiger partial charge >= 0.3 is 5.97 Å². The topological polar surface area (TPSA) is 85.7 Å². The molecule has 0 radical (unpaired) electrons. The van der Waals surface area contributed by atoms with Gasteiger partial charge in [0.1, 0.15) is 17.0 Å². The molecule has 4 rings (SSSR count). The van der Waals surface area contributed by atoms with Crippen molar-refractivity contribution in [3.8, 4) is 0 Å². The zero-order valence-corrected chi connectivity index (χ0v) is 17.1. The number of aliphatic hydroxyl groups excluding tert-OH is 1. The Kier molecular flexibility index (Phi) is 5.74. The number of aliphatic carboxylic acids is 1. The Balaban J connectivity index is 1.84. The molecule has 1 aliphatic rings. The summed E-state index contributed by atoms with van der Waals surface area (Å²) in [6.07, 6.45) is 0.806. The van der Waals surface area contributed by atoms with E-state index in [1.807, 2.05) is 78.6 Å². The van der Waals surface area contributed by atoms with Crippen LogP contribution < -0.4 is 10.2 Å². The van der Waals surface area contributed by atoms with E-state index in [1.165, 1.54) is 0 Å². The molecule has 0 fully saturated rings. The maximum Gasteiger partial charge on any atom is 0.313 e. The maximum atomic E-state index is 11.1. The summed E-state index contributed by atoms with van der Waals surface area (Å²) >= 11 is 1.12. The Bertz CT molecular complexity index is 1090. The Morgan fingerprint density at radius 2 is 1.80 bits per heavy atom. The van der Waals surface area contributed by atoms with Crippen molar-refractivity contribution in [2.24, 2.45) is 0 Å². The number of thioether (sulfide) groups is 1. The van der Waals surface area contributed by atoms with Gasteiger partial charge in [-0.2, -0.15) is 0 Å². The van der Waals surface area contributed by atoms with E-state index >= 15 is 0 Å². The fourth-order valence-corrected chi connectivity index (χ4v) is 4.25. The number of aromatic nitrogens is 1. The minimum atomic E-state index is -0.927. The van der Waals surface area contributed by atoms with Crippen LogP contribution in [0.3, 0.4) is 0 Å². The summed E-state index contributed by atoms with van der Waals surface area (Å²) < 4.78 is 0. The number of hydrogen-bond acceptors (Lipinski definition) is 6. The quantitative estimate of drug-likeness (QED) is 0.499. The van der Waals surface area contributed by atoms with Gasteiger partial charge in [0.15, 0.2) is 0 Å². The number of pyridine rings is 1. The lowest BCUT2D eigenvalue weighted by atomic mass is 10.0. The van der Waals surface area contributed by atoms with Crippen LogP contribution in [0.15, 0.2) is 83.7 Å². The molecule has 3 N–H and O–H groups in total. The molecule has 1 aromatic heterocycles. The van der Waals surface area contributed by atoms with E-state index in [9.17, 15) is 9.90 Å². The van der Waals surface area contributed by atoms with Gasteiger partial charge in [-0.3, -0.25) is 9.69 Å². The summed E-state index contributed by atoms with van der Waals surface area (Å²) in [5.41, 5.74) is 3.94. The van der Waals surface area contributed by atoms with Crippen molar-refractivity contribution in [1.29, 1.82) is 0 Å². The molecular weight excluding hydrogens is 398 g/mol. The van der Waals surface area contributed by atoms with Gasteiger partial charge < -0.3 is 15.5 Å². The highest BCUT2D eigenvalue weighted by molar-refractivity contribution is 7.99. The van der Waals surface area contributed by atoms with Crippen LogP contribution in [0.25, 0.3) is 0 Å². The first-order chi connectivity index (χ1) is 14.5. The van der Waals surface area contributed by atoms with Gasteiger partial charge in [-0.15, -0.1) is 0 Å². The lowest BCUT2D eigenvalue weighted by Crippen LogP contribution is -2.28. The first-order valence-corrected chi connectivity index (χ1v) is 10.4. The monoisotopic (exact) mass is 419 g/mol. The predicted octanol–water partition coefficient (Wildman–Crippen LogP) is 4.71. The predicted molar refractivity (Wildman–Crippen MR) is 119 cm³/mol. The molecule has 1 unspecified atom stereocenters. The van der Waals surface area contributed by atoms with Gasteiger partial charge in [-0.1, -0.05) is 48.2 Å². The van der Waals surface area contributed by atoms with Crippen LogP contribution in [0.1, 0.15) is 17.4 Å².